The fourth-order valence-electron chi connectivity index (χ4n) is 11.6. The van der Waals surface area contributed by atoms with Crippen LogP contribution in [0.5, 0.6) is 0 Å². The third-order valence-electron chi connectivity index (χ3n) is 17.1. The normalized spacial score (nSPS) is 15.4. The summed E-state index contributed by atoms with van der Waals surface area (Å²) in [5.41, 5.74) is 11.3. The Labute approximate surface area is 563 Å². The van der Waals surface area contributed by atoms with Crippen LogP contribution in [0.4, 0.5) is 95.8 Å². The summed E-state index contributed by atoms with van der Waals surface area (Å²) in [6, 6.07) is 19.8. The lowest BCUT2D eigenvalue weighted by Crippen LogP contribution is -2.44. The molecule has 30 heteroatoms. The SMILES string of the molecule is CNC(=O)c1ccc(Nc2ncc3c(n2)N(C)c2sc(C)nc2C(=O)N3C)cc1.Cc1nc2c(s1)N(C)c1nc(Nc3ccc(N4CCN(C)CC4)c(C)c3)ncc1N(C)C2=O.Cc1nc2c(s1)N(C)c1nc(Nc3ccc(N4CCN(C)CC4)cc3C)ncc1N(C)C2=O. The summed E-state index contributed by atoms with van der Waals surface area (Å²) in [7, 11) is 16.8. The molecular weight excluding hydrogens is 1260 g/mol. The van der Waals surface area contributed by atoms with Gasteiger partial charge in [-0.25, -0.2) is 29.9 Å². The lowest BCUT2D eigenvalue weighted by Gasteiger charge is -2.35. The molecule has 27 nitrogen and oxygen atoms in total. The lowest BCUT2D eigenvalue weighted by molar-refractivity contribution is 0.0959. The molecule has 11 heterocycles. The van der Waals surface area contributed by atoms with Gasteiger partial charge in [0.2, 0.25) is 17.8 Å². The third-order valence-corrected chi connectivity index (χ3v) is 20.3. The van der Waals surface area contributed by atoms with Crippen LogP contribution in [-0.2, 0) is 0 Å². The highest BCUT2D eigenvalue weighted by Gasteiger charge is 2.36. The molecule has 0 saturated carbocycles. The molecule has 4 amide bonds. The zero-order valence-corrected chi connectivity index (χ0v) is 58.0. The standard InChI is InChI=1S/2C23H28N8OS.C19H19N7O2S/c1-14-12-16(31-10-8-28(3)9-11-31)6-7-17(14)26-23-24-13-18-20(27-23)30(5)22-19(21(32)29(18)4)25-15(2)33-22;1-14-12-16(6-7-17(14)31-10-8-28(3)9-11-31)26-23-24-13-18-20(27-23)30(5)22-19(21(32)29(18)4)25-15(2)33-22;1-10-22-14-17(28)25(3)13-9-21-19(24-15(13)26(4)18(14)29-10)23-12-7-5-11(6-8-12)16(27)20-2/h2*6-7,12-13H,8-11H2,1-5H3,(H,24,26,27);5-9H,1-4H3,(H,20,27)(H,21,23,24). The van der Waals surface area contributed by atoms with E-state index in [2.05, 4.69) is 140 Å². The molecular formula is C65H75N23O4S3. The molecule has 2 saturated heterocycles. The predicted molar refractivity (Wildman–Crippen MR) is 380 cm³/mol. The van der Waals surface area contributed by atoms with Crippen LogP contribution in [0.25, 0.3) is 0 Å². The van der Waals surface area contributed by atoms with E-state index in [4.69, 9.17) is 9.97 Å². The molecule has 5 aliphatic heterocycles. The zero-order valence-electron chi connectivity index (χ0n) is 55.5. The Morgan fingerprint density at radius 1 is 0.421 bits per heavy atom. The molecule has 0 atom stereocenters. The smallest absolute Gasteiger partial charge is 0.279 e. The van der Waals surface area contributed by atoms with E-state index >= 15 is 0 Å². The summed E-state index contributed by atoms with van der Waals surface area (Å²) in [5, 5.41) is 17.3. The monoisotopic (exact) mass is 1340 g/mol. The van der Waals surface area contributed by atoms with Crippen molar-refractivity contribution < 1.29 is 19.2 Å². The topological polar surface area (TPSA) is 265 Å². The highest BCUT2D eigenvalue weighted by atomic mass is 32.1. The predicted octanol–water partition coefficient (Wildman–Crippen LogP) is 9.51. The number of aryl methyl sites for hydroxylation is 5. The quantitative estimate of drug-likeness (QED) is 0.105. The average Bonchev–Trinajstić information content (AvgIpc) is 1.96. The van der Waals surface area contributed by atoms with E-state index in [0.29, 0.717) is 75.0 Å². The van der Waals surface area contributed by atoms with Gasteiger partial charge >= 0.3 is 0 Å². The van der Waals surface area contributed by atoms with Crippen molar-refractivity contribution in [1.82, 2.24) is 60.0 Å². The maximum absolute atomic E-state index is 12.9. The Bertz CT molecular complexity index is 4430. The molecule has 0 unspecified atom stereocenters. The van der Waals surface area contributed by atoms with E-state index in [1.54, 1.807) is 80.8 Å². The van der Waals surface area contributed by atoms with E-state index < -0.39 is 0 Å². The maximum atomic E-state index is 12.9. The summed E-state index contributed by atoms with van der Waals surface area (Å²) in [6.07, 6.45) is 4.99. The Morgan fingerprint density at radius 2 is 0.821 bits per heavy atom. The molecule has 0 radical (unpaired) electrons. The first-order valence-corrected chi connectivity index (χ1v) is 33.3. The second kappa shape index (κ2) is 26.8. The molecule has 14 rings (SSSR count). The van der Waals surface area contributed by atoms with Crippen LogP contribution in [0.3, 0.4) is 0 Å². The molecule has 5 aliphatic rings. The third kappa shape index (κ3) is 13.2. The number of anilines is 17. The molecule has 3 aromatic carbocycles. The fraction of sp³-hybridized carbons (Fsp3) is 0.338. The van der Waals surface area contributed by atoms with Crippen LogP contribution in [0.15, 0.2) is 79.3 Å². The number of fused-ring (bicyclic) bond motifs is 6. The summed E-state index contributed by atoms with van der Waals surface area (Å²) >= 11 is 4.42. The molecule has 0 aliphatic carbocycles. The number of amides is 4. The van der Waals surface area contributed by atoms with Crippen LogP contribution in [0.1, 0.15) is 68.0 Å². The Kier molecular flexibility index (Phi) is 18.3. The van der Waals surface area contributed by atoms with Crippen molar-refractivity contribution in [3.05, 3.63) is 128 Å². The number of nitrogens with one attached hydrogen (secondary N) is 4. The molecule has 0 bridgehead atoms. The Balaban J connectivity index is 0.000000137. The van der Waals surface area contributed by atoms with Crippen molar-refractivity contribution in [2.75, 3.05) is 171 Å². The van der Waals surface area contributed by atoms with Crippen molar-refractivity contribution in [3.8, 4) is 0 Å². The number of carbonyl (C=O) groups excluding carboxylic acids is 4. The minimum absolute atomic E-state index is 0.150. The van der Waals surface area contributed by atoms with Gasteiger partial charge in [0.1, 0.15) is 32.1 Å². The second-order valence-electron chi connectivity index (χ2n) is 23.7. The molecule has 6 aromatic heterocycles. The number of hydrogen-bond acceptors (Lipinski definition) is 26. The molecule has 0 spiro atoms. The van der Waals surface area contributed by atoms with Gasteiger partial charge in [-0.1, -0.05) is 0 Å². The number of nitrogens with zero attached hydrogens (tertiary/aromatic N) is 19. The average molecular weight is 1340 g/mol. The number of thiazole rings is 3. The first-order valence-electron chi connectivity index (χ1n) is 30.8. The van der Waals surface area contributed by atoms with Gasteiger partial charge in [-0.15, -0.1) is 34.0 Å². The molecule has 9 aromatic rings. The first-order chi connectivity index (χ1) is 45.5. The van der Waals surface area contributed by atoms with Gasteiger partial charge in [-0.2, -0.15) is 15.0 Å². The van der Waals surface area contributed by atoms with E-state index in [1.165, 1.54) is 55.8 Å². The summed E-state index contributed by atoms with van der Waals surface area (Å²) in [6.45, 7) is 18.4. The molecule has 95 heavy (non-hydrogen) atoms. The van der Waals surface area contributed by atoms with Crippen molar-refractivity contribution in [3.63, 3.8) is 0 Å². The van der Waals surface area contributed by atoms with Gasteiger partial charge in [0.05, 0.1) is 33.6 Å². The van der Waals surface area contributed by atoms with Crippen molar-refractivity contribution in [2.45, 2.75) is 34.6 Å². The summed E-state index contributed by atoms with van der Waals surface area (Å²) in [5.74, 6) is 2.64. The number of aromatic nitrogens is 9. The highest BCUT2D eigenvalue weighted by Crippen LogP contribution is 2.44. The van der Waals surface area contributed by atoms with Gasteiger partial charge in [0, 0.05) is 136 Å². The zero-order chi connectivity index (χ0) is 67.3. The summed E-state index contributed by atoms with van der Waals surface area (Å²) < 4.78 is 0. The minimum atomic E-state index is -0.191. The highest BCUT2D eigenvalue weighted by molar-refractivity contribution is 7.17. The molecule has 2 fully saturated rings. The summed E-state index contributed by atoms with van der Waals surface area (Å²) in [4.78, 5) is 111. The fourth-order valence-corrected chi connectivity index (χ4v) is 14.2. The Hall–Kier alpha value is -10.0. The second-order valence-corrected chi connectivity index (χ2v) is 27.3. The van der Waals surface area contributed by atoms with Crippen LogP contribution < -0.4 is 60.5 Å². The largest absolute Gasteiger partial charge is 0.369 e. The van der Waals surface area contributed by atoms with Gasteiger partial charge in [0.25, 0.3) is 23.6 Å². The molecule has 492 valence electrons. The Morgan fingerprint density at radius 3 is 1.23 bits per heavy atom. The van der Waals surface area contributed by atoms with E-state index in [1.807, 2.05) is 56.6 Å². The van der Waals surface area contributed by atoms with Gasteiger partial charge in [-0.05, 0) is 121 Å². The lowest BCUT2D eigenvalue weighted by atomic mass is 10.1. The van der Waals surface area contributed by atoms with Gasteiger partial charge in [0.15, 0.2) is 34.5 Å². The minimum Gasteiger partial charge on any atom is -0.369 e. The first kappa shape index (κ1) is 65.1. The molecule has 4 N–H and O–H groups in total. The van der Waals surface area contributed by atoms with Crippen molar-refractivity contribution in [2.24, 2.45) is 0 Å². The van der Waals surface area contributed by atoms with Crippen molar-refractivity contribution >= 4 is 153 Å². The number of rotatable bonds is 9. The van der Waals surface area contributed by atoms with Crippen LogP contribution >= 0.6 is 34.0 Å². The number of hydrogen-bond donors (Lipinski definition) is 4. The van der Waals surface area contributed by atoms with Crippen molar-refractivity contribution in [1.29, 1.82) is 0 Å². The number of carbonyl (C=O) groups is 4. The number of likely N-dealkylation sites (N-methyl/N-ethyl adjacent to an activating group) is 2. The van der Waals surface area contributed by atoms with Crippen LogP contribution in [0.2, 0.25) is 0 Å². The van der Waals surface area contributed by atoms with Gasteiger partial charge < -0.3 is 70.3 Å². The van der Waals surface area contributed by atoms with E-state index in [9.17, 15) is 19.2 Å². The number of benzene rings is 3. The van der Waals surface area contributed by atoms with Crippen LogP contribution in [0, 0.1) is 34.6 Å². The number of piperazine rings is 2. The van der Waals surface area contributed by atoms with Gasteiger partial charge in [-0.3, -0.25) is 19.2 Å². The van der Waals surface area contributed by atoms with Crippen LogP contribution in [-0.4, -0.2) is 194 Å². The van der Waals surface area contributed by atoms with E-state index in [0.717, 1.165) is 105 Å². The van der Waals surface area contributed by atoms with E-state index in [-0.39, 0.29) is 23.6 Å². The maximum Gasteiger partial charge on any atom is 0.279 e.